The highest BCUT2D eigenvalue weighted by Crippen LogP contribution is 2.11. The molecule has 1 fully saturated rings. The van der Waals surface area contributed by atoms with E-state index in [1.54, 1.807) is 0 Å². The molecule has 0 saturated carbocycles. The molecule has 1 saturated heterocycles. The first kappa shape index (κ1) is 11.5. The number of sulfone groups is 1. The molecule has 82 valence electrons. The van der Waals surface area contributed by atoms with E-state index < -0.39 is 21.0 Å². The second-order valence-electron chi connectivity index (χ2n) is 3.61. The fraction of sp³-hybridized carbons (Fsp3) is 0.875. The molecule has 5 nitrogen and oxygen atoms in total. The van der Waals surface area contributed by atoms with Gasteiger partial charge in [0.05, 0.1) is 5.75 Å². The van der Waals surface area contributed by atoms with Crippen LogP contribution in [0.1, 0.15) is 6.92 Å². The monoisotopic (exact) mass is 220 g/mol. The van der Waals surface area contributed by atoms with Crippen LogP contribution in [0.4, 0.5) is 0 Å². The maximum absolute atomic E-state index is 11.6. The lowest BCUT2D eigenvalue weighted by Crippen LogP contribution is -2.48. The standard InChI is InChI=1S/C8H16N2O3S/c1-6(8(11)9-2)14(12,13)5-7-3-10-4-7/h6-7,10H,3-5H2,1-2H3,(H,9,11). The van der Waals surface area contributed by atoms with Crippen molar-refractivity contribution in [2.45, 2.75) is 12.2 Å². The highest BCUT2D eigenvalue weighted by Gasteiger charge is 2.31. The van der Waals surface area contributed by atoms with Crippen molar-refractivity contribution in [3.05, 3.63) is 0 Å². The van der Waals surface area contributed by atoms with Gasteiger partial charge in [0.2, 0.25) is 5.91 Å². The highest BCUT2D eigenvalue weighted by molar-refractivity contribution is 7.92. The van der Waals surface area contributed by atoms with Crippen LogP contribution in [0.2, 0.25) is 0 Å². The van der Waals surface area contributed by atoms with Gasteiger partial charge in [-0.25, -0.2) is 8.42 Å². The van der Waals surface area contributed by atoms with Gasteiger partial charge in [-0.05, 0) is 12.8 Å². The fourth-order valence-corrected chi connectivity index (χ4v) is 2.93. The third kappa shape index (κ3) is 2.45. The first-order valence-electron chi connectivity index (χ1n) is 4.61. The van der Waals surface area contributed by atoms with E-state index in [4.69, 9.17) is 0 Å². The van der Waals surface area contributed by atoms with Crippen LogP contribution in [0.5, 0.6) is 0 Å². The van der Waals surface area contributed by atoms with Crippen LogP contribution >= 0.6 is 0 Å². The summed E-state index contributed by atoms with van der Waals surface area (Å²) in [7, 11) is -1.84. The van der Waals surface area contributed by atoms with E-state index in [0.717, 1.165) is 13.1 Å². The minimum Gasteiger partial charge on any atom is -0.358 e. The first-order valence-corrected chi connectivity index (χ1v) is 6.33. The topological polar surface area (TPSA) is 75.3 Å². The number of rotatable bonds is 4. The fourth-order valence-electron chi connectivity index (χ4n) is 1.31. The Bertz CT molecular complexity index is 309. The minimum absolute atomic E-state index is 0.106. The van der Waals surface area contributed by atoms with Crippen molar-refractivity contribution in [1.82, 2.24) is 10.6 Å². The van der Waals surface area contributed by atoms with Crippen LogP contribution in [0.3, 0.4) is 0 Å². The molecule has 0 aliphatic carbocycles. The summed E-state index contributed by atoms with van der Waals surface area (Å²) < 4.78 is 23.3. The summed E-state index contributed by atoms with van der Waals surface area (Å²) in [6.45, 7) is 2.90. The summed E-state index contributed by atoms with van der Waals surface area (Å²) >= 11 is 0. The van der Waals surface area contributed by atoms with Crippen LogP contribution in [-0.2, 0) is 14.6 Å². The number of carbonyl (C=O) groups is 1. The molecule has 14 heavy (non-hydrogen) atoms. The summed E-state index contributed by atoms with van der Waals surface area (Å²) in [4.78, 5) is 11.1. The van der Waals surface area contributed by atoms with E-state index in [1.807, 2.05) is 0 Å². The van der Waals surface area contributed by atoms with Crippen molar-refractivity contribution < 1.29 is 13.2 Å². The molecule has 1 aliphatic rings. The summed E-state index contributed by atoms with van der Waals surface area (Å²) in [5.74, 6) is -0.154. The second kappa shape index (κ2) is 4.27. The Morgan fingerprint density at radius 1 is 1.57 bits per heavy atom. The third-order valence-corrected chi connectivity index (χ3v) is 4.72. The second-order valence-corrected chi connectivity index (χ2v) is 5.98. The number of amides is 1. The molecule has 0 radical (unpaired) electrons. The van der Waals surface area contributed by atoms with Gasteiger partial charge in [-0.1, -0.05) is 0 Å². The smallest absolute Gasteiger partial charge is 0.237 e. The van der Waals surface area contributed by atoms with Crippen molar-refractivity contribution in [1.29, 1.82) is 0 Å². The van der Waals surface area contributed by atoms with Crippen molar-refractivity contribution >= 4 is 15.7 Å². The van der Waals surface area contributed by atoms with Crippen molar-refractivity contribution in [3.8, 4) is 0 Å². The van der Waals surface area contributed by atoms with E-state index in [2.05, 4.69) is 10.6 Å². The van der Waals surface area contributed by atoms with Crippen LogP contribution < -0.4 is 10.6 Å². The summed E-state index contributed by atoms with van der Waals surface area (Å²) in [6, 6.07) is 0. The number of hydrogen-bond donors (Lipinski definition) is 2. The molecule has 1 amide bonds. The molecule has 0 aromatic heterocycles. The summed E-state index contributed by atoms with van der Waals surface area (Å²) in [5.41, 5.74) is 0. The van der Waals surface area contributed by atoms with Gasteiger partial charge in [0, 0.05) is 20.1 Å². The molecule has 1 unspecified atom stereocenters. The lowest BCUT2D eigenvalue weighted by Gasteiger charge is -2.27. The SMILES string of the molecule is CNC(=O)C(C)S(=O)(=O)CC1CNC1. The van der Waals surface area contributed by atoms with Gasteiger partial charge in [-0.3, -0.25) is 4.79 Å². The Balaban J connectivity index is 2.58. The highest BCUT2D eigenvalue weighted by atomic mass is 32.2. The molecule has 0 aromatic rings. The van der Waals surface area contributed by atoms with Crippen LogP contribution in [0, 0.1) is 5.92 Å². The maximum Gasteiger partial charge on any atom is 0.237 e. The molecule has 1 aliphatic heterocycles. The van der Waals surface area contributed by atoms with Gasteiger partial charge >= 0.3 is 0 Å². The molecule has 0 aromatic carbocycles. The molecule has 1 atom stereocenters. The summed E-state index contributed by atoms with van der Waals surface area (Å²) in [5, 5.41) is 4.41. The molecule has 6 heteroatoms. The van der Waals surface area contributed by atoms with E-state index >= 15 is 0 Å². The normalized spacial score (nSPS) is 19.9. The Hall–Kier alpha value is -0.620. The molecule has 0 bridgehead atoms. The Morgan fingerprint density at radius 2 is 2.14 bits per heavy atom. The average Bonchev–Trinajstić information content (AvgIpc) is 2.09. The van der Waals surface area contributed by atoms with Gasteiger partial charge in [0.1, 0.15) is 5.25 Å². The van der Waals surface area contributed by atoms with Gasteiger partial charge in [-0.2, -0.15) is 0 Å². The molecule has 0 spiro atoms. The molecular formula is C8H16N2O3S. The van der Waals surface area contributed by atoms with E-state index in [1.165, 1.54) is 14.0 Å². The van der Waals surface area contributed by atoms with E-state index in [0.29, 0.717) is 0 Å². The zero-order chi connectivity index (χ0) is 10.8. The van der Waals surface area contributed by atoms with Gasteiger partial charge in [0.25, 0.3) is 0 Å². The minimum atomic E-state index is -3.28. The predicted octanol–water partition coefficient (Wildman–Crippen LogP) is -1.24. The number of nitrogens with one attached hydrogen (secondary N) is 2. The first-order chi connectivity index (χ1) is 6.47. The third-order valence-electron chi connectivity index (χ3n) is 2.49. The summed E-state index contributed by atoms with van der Waals surface area (Å²) in [6.07, 6.45) is 0. The van der Waals surface area contributed by atoms with E-state index in [-0.39, 0.29) is 11.7 Å². The Labute approximate surface area is 84.2 Å². The van der Waals surface area contributed by atoms with Gasteiger partial charge in [0.15, 0.2) is 9.84 Å². The number of carbonyl (C=O) groups excluding carboxylic acids is 1. The van der Waals surface area contributed by atoms with Crippen molar-refractivity contribution in [2.75, 3.05) is 25.9 Å². The zero-order valence-electron chi connectivity index (χ0n) is 8.41. The van der Waals surface area contributed by atoms with Crippen LogP contribution in [0.25, 0.3) is 0 Å². The van der Waals surface area contributed by atoms with E-state index in [9.17, 15) is 13.2 Å². The lowest BCUT2D eigenvalue weighted by molar-refractivity contribution is -0.119. The molecule has 1 rings (SSSR count). The quantitative estimate of drug-likeness (QED) is 0.621. The van der Waals surface area contributed by atoms with Crippen LogP contribution in [0.15, 0.2) is 0 Å². The van der Waals surface area contributed by atoms with Gasteiger partial charge in [-0.15, -0.1) is 0 Å². The number of hydrogen-bond acceptors (Lipinski definition) is 4. The van der Waals surface area contributed by atoms with Gasteiger partial charge < -0.3 is 10.6 Å². The lowest BCUT2D eigenvalue weighted by atomic mass is 10.1. The van der Waals surface area contributed by atoms with Crippen molar-refractivity contribution in [2.24, 2.45) is 5.92 Å². The Morgan fingerprint density at radius 3 is 2.50 bits per heavy atom. The predicted molar refractivity (Wildman–Crippen MR) is 53.7 cm³/mol. The Kier molecular flexibility index (Phi) is 3.49. The molecule has 1 heterocycles. The maximum atomic E-state index is 11.6. The average molecular weight is 220 g/mol. The molecular weight excluding hydrogens is 204 g/mol. The largest absolute Gasteiger partial charge is 0.358 e. The van der Waals surface area contributed by atoms with Crippen LogP contribution in [-0.4, -0.2) is 45.5 Å². The zero-order valence-corrected chi connectivity index (χ0v) is 9.23. The molecule has 2 N–H and O–H groups in total. The van der Waals surface area contributed by atoms with Crippen molar-refractivity contribution in [3.63, 3.8) is 0 Å².